The third-order valence-electron chi connectivity index (χ3n) is 17.2. The van der Waals surface area contributed by atoms with Crippen molar-refractivity contribution in [2.75, 3.05) is 6.61 Å². The zero-order chi connectivity index (χ0) is 48.9. The molecule has 1 heterocycles. The fourth-order valence-electron chi connectivity index (χ4n) is 8.71. The quantitative estimate of drug-likeness (QED) is 0.142. The summed E-state index contributed by atoms with van der Waals surface area (Å²) < 4.78 is 5.30. The summed E-state index contributed by atoms with van der Waals surface area (Å²) in [5.74, 6) is 0. The fourth-order valence-corrected chi connectivity index (χ4v) is 8.71. The van der Waals surface area contributed by atoms with Crippen LogP contribution in [-0.2, 0) is 4.74 Å². The molecule has 7 aliphatic rings. The molecule has 1 atom stereocenters. The molecule has 0 bridgehead atoms. The number of ether oxygens (including phenoxy) is 1. The van der Waals surface area contributed by atoms with Gasteiger partial charge in [0.15, 0.2) is 0 Å². The minimum absolute atomic E-state index is 0.0729. The number of nitrogens with two attached hydrogens (primary N) is 3. The number of hydrogen-bond donors (Lipinski definition) is 6. The molecule has 7 heteroatoms. The van der Waals surface area contributed by atoms with Gasteiger partial charge in [0.1, 0.15) is 0 Å². The van der Waals surface area contributed by atoms with Crippen LogP contribution in [-0.4, -0.2) is 61.5 Å². The molecule has 0 amide bonds. The first-order chi connectivity index (χ1) is 27.3. The van der Waals surface area contributed by atoms with Gasteiger partial charge >= 0.3 is 0 Å². The van der Waals surface area contributed by atoms with Crippen molar-refractivity contribution in [3.63, 3.8) is 0 Å². The predicted octanol–water partition coefficient (Wildman–Crippen LogP) is 13.4. The molecule has 1 unspecified atom stereocenters. The van der Waals surface area contributed by atoms with Crippen LogP contribution in [0.3, 0.4) is 0 Å². The number of aliphatic hydroxyl groups is 3. The Morgan fingerprint density at radius 1 is 0.339 bits per heavy atom. The fraction of sp³-hybridized carbons (Fsp3) is 1.00. The van der Waals surface area contributed by atoms with Crippen LogP contribution in [0.15, 0.2) is 0 Å². The van der Waals surface area contributed by atoms with Crippen LogP contribution in [0.2, 0.25) is 0 Å². The summed E-state index contributed by atoms with van der Waals surface area (Å²) in [5.41, 5.74) is 19.3. The molecule has 1 aliphatic heterocycles. The van der Waals surface area contributed by atoms with Gasteiger partial charge in [0.25, 0.3) is 0 Å². The highest BCUT2D eigenvalue weighted by atomic mass is 16.5. The maximum absolute atomic E-state index is 10.0. The van der Waals surface area contributed by atoms with Crippen molar-refractivity contribution in [3.05, 3.63) is 0 Å². The van der Waals surface area contributed by atoms with Crippen LogP contribution in [0.5, 0.6) is 0 Å². The molecule has 0 aromatic heterocycles. The summed E-state index contributed by atoms with van der Waals surface area (Å²) in [6.07, 6.45) is 22.7. The monoisotopic (exact) mass is 880 g/mol. The van der Waals surface area contributed by atoms with Crippen LogP contribution in [0.4, 0.5) is 0 Å². The van der Waals surface area contributed by atoms with Gasteiger partial charge in [-0.3, -0.25) is 0 Å². The van der Waals surface area contributed by atoms with Crippen molar-refractivity contribution in [2.45, 2.75) is 307 Å². The van der Waals surface area contributed by atoms with E-state index in [-0.39, 0.29) is 49.7 Å². The third kappa shape index (κ3) is 17.1. The molecule has 0 aromatic carbocycles. The van der Waals surface area contributed by atoms with Gasteiger partial charge in [0, 0.05) is 23.2 Å². The van der Waals surface area contributed by atoms with Crippen molar-refractivity contribution in [2.24, 2.45) is 55.1 Å². The molecular formula is C55H113N3O4. The summed E-state index contributed by atoms with van der Waals surface area (Å²) in [7, 11) is 0. The first-order valence-electron chi connectivity index (χ1n) is 25.5. The van der Waals surface area contributed by atoms with Gasteiger partial charge in [0.2, 0.25) is 0 Å². The Labute approximate surface area is 387 Å². The molecular weight excluding hydrogens is 767 g/mol. The summed E-state index contributed by atoms with van der Waals surface area (Å²) in [6.45, 7) is 46.6. The van der Waals surface area contributed by atoms with Crippen LogP contribution < -0.4 is 17.2 Å². The molecule has 372 valence electrons. The Morgan fingerprint density at radius 2 is 0.565 bits per heavy atom. The zero-order valence-corrected chi connectivity index (χ0v) is 45.7. The molecule has 0 radical (unpaired) electrons. The lowest BCUT2D eigenvalue weighted by Gasteiger charge is -2.48. The molecule has 6 saturated carbocycles. The Morgan fingerprint density at radius 3 is 0.629 bits per heavy atom. The Hall–Kier alpha value is -0.280. The highest BCUT2D eigenvalue weighted by Gasteiger charge is 2.50. The molecule has 0 aromatic rings. The first-order valence-corrected chi connectivity index (χ1v) is 25.5. The van der Waals surface area contributed by atoms with E-state index in [9.17, 15) is 15.3 Å². The second kappa shape index (κ2) is 20.9. The molecule has 7 nitrogen and oxygen atoms in total. The van der Waals surface area contributed by atoms with Crippen molar-refractivity contribution in [3.8, 4) is 0 Å². The second-order valence-corrected chi connectivity index (χ2v) is 28.7. The van der Waals surface area contributed by atoms with Crippen LogP contribution in [0.25, 0.3) is 0 Å². The van der Waals surface area contributed by atoms with Gasteiger partial charge < -0.3 is 37.3 Å². The van der Waals surface area contributed by atoms with Crippen molar-refractivity contribution >= 4 is 0 Å². The van der Waals surface area contributed by atoms with E-state index >= 15 is 0 Å². The Balaban J connectivity index is 0.000000362. The van der Waals surface area contributed by atoms with Crippen LogP contribution in [0, 0.1) is 37.9 Å². The highest BCUT2D eigenvalue weighted by Crippen LogP contribution is 2.50. The van der Waals surface area contributed by atoms with E-state index in [1.165, 1.54) is 83.5 Å². The molecule has 0 spiro atoms. The maximum atomic E-state index is 10.0. The molecule has 9 N–H and O–H groups in total. The topological polar surface area (TPSA) is 148 Å². The number of rotatable bonds is 0. The van der Waals surface area contributed by atoms with Crippen LogP contribution in [0.1, 0.15) is 267 Å². The van der Waals surface area contributed by atoms with E-state index in [1.54, 1.807) is 0 Å². The van der Waals surface area contributed by atoms with Crippen LogP contribution >= 0.6 is 0 Å². The molecule has 6 aliphatic carbocycles. The second-order valence-electron chi connectivity index (χ2n) is 28.7. The molecule has 62 heavy (non-hydrogen) atoms. The van der Waals surface area contributed by atoms with E-state index < -0.39 is 0 Å². The van der Waals surface area contributed by atoms with Crippen molar-refractivity contribution in [1.29, 1.82) is 0 Å². The minimum atomic E-state index is -0.368. The summed E-state index contributed by atoms with van der Waals surface area (Å²) in [6, 6.07) is 0. The van der Waals surface area contributed by atoms with E-state index in [4.69, 9.17) is 21.9 Å². The van der Waals surface area contributed by atoms with E-state index in [0.29, 0.717) is 27.8 Å². The summed E-state index contributed by atoms with van der Waals surface area (Å²) in [4.78, 5) is 0. The van der Waals surface area contributed by atoms with Gasteiger partial charge in [-0.2, -0.15) is 0 Å². The minimum Gasteiger partial charge on any atom is -0.389 e. The van der Waals surface area contributed by atoms with Crippen molar-refractivity contribution in [1.82, 2.24) is 0 Å². The van der Waals surface area contributed by atoms with Gasteiger partial charge in [-0.05, 0) is 134 Å². The zero-order valence-electron chi connectivity index (χ0n) is 45.7. The first kappa shape index (κ1) is 59.7. The standard InChI is InChI=1S/C9H19N.C9H18O.C8H17N.C8H16O.C7H15N.2C7H14O/c2*1-8(2,3)9(10)6-4-5-7-9;2*1-7(2,3)8(9)5-4-6-8;1-6(2,3)7(8)4-5-7;1-7(2,3)6-4-5-8-6;1-6(2,3)7(8)4-5-7/h4-7,10H2,1-3H3;10H,4-7H2,1-3H3;4-6,9H2,1-3H3;9H,4-6H2,1-3H3;4-5,8H2,1-3H3;6H,4-5H2,1-3H3;8H,4-5H2,1-3H3. The summed E-state index contributed by atoms with van der Waals surface area (Å²) in [5, 5.41) is 29.2. The Bertz CT molecular complexity index is 1190. The molecule has 7 fully saturated rings. The van der Waals surface area contributed by atoms with E-state index in [2.05, 4.69) is 145 Å². The largest absolute Gasteiger partial charge is 0.389 e. The smallest absolute Gasteiger partial charge is 0.0697 e. The molecule has 1 saturated heterocycles. The lowest BCUT2D eigenvalue weighted by molar-refractivity contribution is -0.117. The average molecular weight is 881 g/mol. The van der Waals surface area contributed by atoms with Gasteiger partial charge in [-0.25, -0.2) is 0 Å². The average Bonchev–Trinajstić information content (AvgIpc) is 3.84. The van der Waals surface area contributed by atoms with Gasteiger partial charge in [-0.15, -0.1) is 0 Å². The molecule has 7 rings (SSSR count). The normalized spacial score (nSPS) is 25.9. The lowest BCUT2D eigenvalue weighted by Crippen LogP contribution is -2.56. The summed E-state index contributed by atoms with van der Waals surface area (Å²) >= 11 is 0. The third-order valence-corrected chi connectivity index (χ3v) is 17.2. The van der Waals surface area contributed by atoms with E-state index in [1.807, 2.05) is 0 Å². The Kier molecular flexibility index (Phi) is 20.2. The van der Waals surface area contributed by atoms with Crippen molar-refractivity contribution < 1.29 is 20.1 Å². The predicted molar refractivity (Wildman–Crippen MR) is 269 cm³/mol. The maximum Gasteiger partial charge on any atom is 0.0697 e. The van der Waals surface area contributed by atoms with Gasteiger partial charge in [-0.1, -0.05) is 171 Å². The number of hydrogen-bond acceptors (Lipinski definition) is 7. The SMILES string of the molecule is CC(C)(C)C1(N)CC1.CC(C)(C)C1(N)CCC1.CC(C)(C)C1(N)CCCC1.CC(C)(C)C1(O)CC1.CC(C)(C)C1(O)CCC1.CC(C)(C)C1(O)CCCC1.CC(C)(C)C1CCO1. The van der Waals surface area contributed by atoms with Gasteiger partial charge in [0.05, 0.1) is 22.9 Å². The highest BCUT2D eigenvalue weighted by molar-refractivity contribution is 5.07. The lowest BCUT2D eigenvalue weighted by atomic mass is 9.62. The van der Waals surface area contributed by atoms with E-state index in [0.717, 1.165) is 45.1 Å².